The molecule has 5 rings (SSSR count). The van der Waals surface area contributed by atoms with Gasteiger partial charge in [-0.25, -0.2) is 0 Å². The lowest BCUT2D eigenvalue weighted by atomic mass is 10.1. The molecular formula is C29H23N2P. The molecule has 0 saturated heterocycles. The van der Waals surface area contributed by atoms with E-state index < -0.39 is 7.05 Å². The highest BCUT2D eigenvalue weighted by Gasteiger charge is 2.27. The second-order valence-electron chi connectivity index (χ2n) is 7.47. The summed E-state index contributed by atoms with van der Waals surface area (Å²) in [5, 5.41) is 3.69. The lowest BCUT2D eigenvalue weighted by Gasteiger charge is -2.27. The molecule has 0 aliphatic carbocycles. The van der Waals surface area contributed by atoms with Crippen LogP contribution >= 0.6 is 7.05 Å². The zero-order valence-corrected chi connectivity index (χ0v) is 18.5. The van der Waals surface area contributed by atoms with Crippen molar-refractivity contribution in [3.8, 4) is 11.3 Å². The van der Waals surface area contributed by atoms with Crippen LogP contribution in [0.3, 0.4) is 0 Å². The van der Waals surface area contributed by atoms with E-state index in [1.54, 1.807) is 0 Å². The van der Waals surface area contributed by atoms with E-state index in [0.717, 1.165) is 16.9 Å². The second kappa shape index (κ2) is 9.18. The number of pyridine rings is 1. The fourth-order valence-corrected chi connectivity index (χ4v) is 7.56. The second-order valence-corrected chi connectivity index (χ2v) is 10.5. The molecular weight excluding hydrogens is 407 g/mol. The van der Waals surface area contributed by atoms with E-state index in [0.29, 0.717) is 0 Å². The number of aromatic nitrogens is 1. The van der Waals surface area contributed by atoms with Gasteiger partial charge in [-0.1, -0.05) is 115 Å². The van der Waals surface area contributed by atoms with Gasteiger partial charge in [0.25, 0.3) is 0 Å². The predicted molar refractivity (Wildman–Crippen MR) is 137 cm³/mol. The highest BCUT2D eigenvalue weighted by molar-refractivity contribution is 7.87. The summed E-state index contributed by atoms with van der Waals surface area (Å²) in [6.07, 6.45) is 1.83. The van der Waals surface area contributed by atoms with E-state index in [2.05, 4.69) is 120 Å². The van der Waals surface area contributed by atoms with Gasteiger partial charge < -0.3 is 0 Å². The SMILES string of the molecule is c1ccc(P(=Nc2ccccc2-c2ccccn2)(c2ccccc2)c2ccccc2)cc1. The fraction of sp³-hybridized carbons (Fsp3) is 0. The maximum absolute atomic E-state index is 5.65. The molecule has 0 radical (unpaired) electrons. The molecule has 1 aromatic heterocycles. The van der Waals surface area contributed by atoms with E-state index in [-0.39, 0.29) is 0 Å². The maximum atomic E-state index is 5.65. The monoisotopic (exact) mass is 430 g/mol. The van der Waals surface area contributed by atoms with Crippen LogP contribution in [0.4, 0.5) is 5.69 Å². The lowest BCUT2D eigenvalue weighted by Crippen LogP contribution is -2.25. The van der Waals surface area contributed by atoms with E-state index in [1.807, 2.05) is 24.4 Å². The van der Waals surface area contributed by atoms with Gasteiger partial charge in [-0.3, -0.25) is 9.73 Å². The lowest BCUT2D eigenvalue weighted by molar-refractivity contribution is 1.32. The van der Waals surface area contributed by atoms with Crippen molar-refractivity contribution in [2.45, 2.75) is 0 Å². The summed E-state index contributed by atoms with van der Waals surface area (Å²) in [5.74, 6) is 0. The van der Waals surface area contributed by atoms with Crippen LogP contribution in [0.1, 0.15) is 0 Å². The summed E-state index contributed by atoms with van der Waals surface area (Å²) in [7, 11) is -2.33. The molecule has 2 nitrogen and oxygen atoms in total. The zero-order valence-electron chi connectivity index (χ0n) is 17.6. The first kappa shape index (κ1) is 20.2. The molecule has 0 N–H and O–H groups in total. The average molecular weight is 430 g/mol. The number of hydrogen-bond donors (Lipinski definition) is 0. The molecule has 0 saturated carbocycles. The van der Waals surface area contributed by atoms with Crippen LogP contribution in [0.15, 0.2) is 144 Å². The highest BCUT2D eigenvalue weighted by atomic mass is 31.2. The number of hydrogen-bond acceptors (Lipinski definition) is 2. The van der Waals surface area contributed by atoms with Gasteiger partial charge in [0.05, 0.1) is 18.4 Å². The van der Waals surface area contributed by atoms with Crippen molar-refractivity contribution in [2.24, 2.45) is 4.74 Å². The third-order valence-corrected chi connectivity index (χ3v) is 9.14. The Bertz CT molecular complexity index is 1250. The number of benzene rings is 4. The van der Waals surface area contributed by atoms with E-state index in [9.17, 15) is 0 Å². The van der Waals surface area contributed by atoms with Crippen LogP contribution < -0.4 is 15.9 Å². The van der Waals surface area contributed by atoms with Crippen LogP contribution in [0.2, 0.25) is 0 Å². The van der Waals surface area contributed by atoms with E-state index >= 15 is 0 Å². The molecule has 154 valence electrons. The Hall–Kier alpha value is -3.74. The summed E-state index contributed by atoms with van der Waals surface area (Å²) in [6, 6.07) is 46.4. The average Bonchev–Trinajstić information content (AvgIpc) is 2.89. The smallest absolute Gasteiger partial charge is 0.0723 e. The van der Waals surface area contributed by atoms with Gasteiger partial charge >= 0.3 is 0 Å². The largest absolute Gasteiger partial charge is 0.256 e. The maximum Gasteiger partial charge on any atom is 0.0723 e. The van der Waals surface area contributed by atoms with Crippen LogP contribution in [-0.2, 0) is 0 Å². The minimum absolute atomic E-state index is 0.930. The van der Waals surface area contributed by atoms with E-state index in [4.69, 9.17) is 4.74 Å². The standard InChI is InChI=1S/C29H23N2P/c1-4-14-24(15-5-1)32(25-16-6-2-7-17-25,26-18-8-3-9-19-26)31-29-22-11-10-20-27(29)28-21-12-13-23-30-28/h1-23H. The molecule has 5 aromatic rings. The van der Waals surface area contributed by atoms with Crippen LogP contribution in [0.25, 0.3) is 11.3 Å². The van der Waals surface area contributed by atoms with Crippen molar-refractivity contribution < 1.29 is 0 Å². The summed E-state index contributed by atoms with van der Waals surface area (Å²) in [6.45, 7) is 0. The van der Waals surface area contributed by atoms with Gasteiger partial charge in [0.2, 0.25) is 0 Å². The van der Waals surface area contributed by atoms with Crippen molar-refractivity contribution >= 4 is 28.7 Å². The van der Waals surface area contributed by atoms with Crippen molar-refractivity contribution in [3.63, 3.8) is 0 Å². The quantitative estimate of drug-likeness (QED) is 0.290. The molecule has 0 amide bonds. The molecule has 0 aliphatic heterocycles. The first-order valence-electron chi connectivity index (χ1n) is 10.7. The molecule has 0 spiro atoms. The summed E-state index contributed by atoms with van der Waals surface area (Å²) < 4.78 is 5.65. The Labute approximate surface area is 189 Å². The van der Waals surface area contributed by atoms with Crippen molar-refractivity contribution in [1.29, 1.82) is 0 Å². The summed E-state index contributed by atoms with van der Waals surface area (Å²) in [4.78, 5) is 4.61. The Morgan fingerprint density at radius 3 is 1.44 bits per heavy atom. The molecule has 0 atom stereocenters. The normalized spacial score (nSPS) is 11.1. The first-order valence-corrected chi connectivity index (χ1v) is 12.4. The fourth-order valence-electron chi connectivity index (χ4n) is 4.01. The molecule has 0 fully saturated rings. The molecule has 3 heteroatoms. The summed E-state index contributed by atoms with van der Waals surface area (Å²) >= 11 is 0. The molecule has 32 heavy (non-hydrogen) atoms. The molecule has 1 heterocycles. The third kappa shape index (κ3) is 3.82. The zero-order chi connectivity index (χ0) is 21.6. The Balaban J connectivity index is 1.90. The first-order chi connectivity index (χ1) is 15.9. The predicted octanol–water partition coefficient (Wildman–Crippen LogP) is 6.56. The minimum atomic E-state index is -2.33. The Kier molecular flexibility index (Phi) is 5.79. The topological polar surface area (TPSA) is 25.2 Å². The van der Waals surface area contributed by atoms with Gasteiger partial charge in [0, 0.05) is 27.7 Å². The molecule has 0 bridgehead atoms. The third-order valence-electron chi connectivity index (χ3n) is 5.49. The van der Waals surface area contributed by atoms with Gasteiger partial charge in [-0.15, -0.1) is 0 Å². The summed E-state index contributed by atoms with van der Waals surface area (Å²) in [5.41, 5.74) is 2.93. The minimum Gasteiger partial charge on any atom is -0.256 e. The van der Waals surface area contributed by atoms with Crippen molar-refractivity contribution in [1.82, 2.24) is 4.98 Å². The van der Waals surface area contributed by atoms with Crippen LogP contribution in [-0.4, -0.2) is 4.98 Å². The Morgan fingerprint density at radius 2 is 0.938 bits per heavy atom. The van der Waals surface area contributed by atoms with Gasteiger partial charge in [-0.2, -0.15) is 0 Å². The Morgan fingerprint density at radius 1 is 0.469 bits per heavy atom. The van der Waals surface area contributed by atoms with Crippen molar-refractivity contribution in [3.05, 3.63) is 140 Å². The van der Waals surface area contributed by atoms with Crippen LogP contribution in [0, 0.1) is 0 Å². The molecule has 0 unspecified atom stereocenters. The van der Waals surface area contributed by atoms with Gasteiger partial charge in [0.1, 0.15) is 0 Å². The molecule has 4 aromatic carbocycles. The van der Waals surface area contributed by atoms with Crippen molar-refractivity contribution in [2.75, 3.05) is 0 Å². The van der Waals surface area contributed by atoms with Gasteiger partial charge in [0.15, 0.2) is 0 Å². The number of rotatable bonds is 5. The molecule has 0 aliphatic rings. The van der Waals surface area contributed by atoms with Crippen LogP contribution in [0.5, 0.6) is 0 Å². The number of nitrogens with zero attached hydrogens (tertiary/aromatic N) is 2. The van der Waals surface area contributed by atoms with E-state index in [1.165, 1.54) is 15.9 Å². The highest BCUT2D eigenvalue weighted by Crippen LogP contribution is 2.50. The van der Waals surface area contributed by atoms with Gasteiger partial charge in [-0.05, 0) is 18.2 Å².